The van der Waals surface area contributed by atoms with Gasteiger partial charge < -0.3 is 5.11 Å². The van der Waals surface area contributed by atoms with Crippen LogP contribution >= 0.6 is 11.6 Å². The Bertz CT molecular complexity index is 450. The lowest BCUT2D eigenvalue weighted by Gasteiger charge is -2.02. The summed E-state index contributed by atoms with van der Waals surface area (Å²) in [6, 6.07) is 7.23. The fraction of sp³-hybridized carbons (Fsp3) is 0.200. The minimum absolute atomic E-state index is 0.539. The van der Waals surface area contributed by atoms with Gasteiger partial charge in [0.2, 0.25) is 0 Å². The summed E-state index contributed by atoms with van der Waals surface area (Å²) in [4.78, 5) is 0. The van der Waals surface area contributed by atoms with E-state index >= 15 is 0 Å². The molecule has 0 aliphatic rings. The van der Waals surface area contributed by atoms with Gasteiger partial charge in [0.15, 0.2) is 0 Å². The third-order valence-electron chi connectivity index (χ3n) is 2.09. The first-order valence-electron chi connectivity index (χ1n) is 4.53. The summed E-state index contributed by atoms with van der Waals surface area (Å²) >= 11 is 5.78. The normalized spacial score (nSPS) is 12.7. The van der Waals surface area contributed by atoms with Crippen molar-refractivity contribution < 1.29 is 5.11 Å². The topological polar surface area (TPSA) is 61.8 Å². The Morgan fingerprint density at radius 1 is 1.27 bits per heavy atom. The molecule has 0 fully saturated rings. The number of aromatic amines is 1. The van der Waals surface area contributed by atoms with Gasteiger partial charge in [-0.25, -0.2) is 0 Å². The zero-order chi connectivity index (χ0) is 10.8. The fourth-order valence-electron chi connectivity index (χ4n) is 1.35. The van der Waals surface area contributed by atoms with Crippen molar-refractivity contribution in [1.29, 1.82) is 0 Å². The minimum Gasteiger partial charge on any atom is -0.387 e. The Kier molecular flexibility index (Phi) is 2.70. The molecule has 1 atom stereocenters. The molecule has 0 spiro atoms. The first-order valence-corrected chi connectivity index (χ1v) is 4.91. The highest BCUT2D eigenvalue weighted by molar-refractivity contribution is 6.30. The van der Waals surface area contributed by atoms with E-state index in [2.05, 4.69) is 15.4 Å². The number of H-pyrrole nitrogens is 1. The molecule has 78 valence electrons. The summed E-state index contributed by atoms with van der Waals surface area (Å²) in [5.74, 6) is 0. The van der Waals surface area contributed by atoms with Gasteiger partial charge >= 0.3 is 0 Å². The Morgan fingerprint density at radius 2 is 1.93 bits per heavy atom. The van der Waals surface area contributed by atoms with E-state index < -0.39 is 6.10 Å². The van der Waals surface area contributed by atoms with Gasteiger partial charge in [0.1, 0.15) is 11.4 Å². The van der Waals surface area contributed by atoms with E-state index in [1.165, 1.54) is 0 Å². The van der Waals surface area contributed by atoms with Crippen LogP contribution in [0.4, 0.5) is 0 Å². The predicted molar refractivity (Wildman–Crippen MR) is 57.5 cm³/mol. The highest BCUT2D eigenvalue weighted by Crippen LogP contribution is 2.24. The average Bonchev–Trinajstić information content (AvgIpc) is 2.67. The van der Waals surface area contributed by atoms with E-state index in [0.717, 1.165) is 5.56 Å². The molecule has 2 rings (SSSR count). The molecule has 0 radical (unpaired) electrons. The Morgan fingerprint density at radius 3 is 2.53 bits per heavy atom. The Balaban J connectivity index is 2.45. The van der Waals surface area contributed by atoms with Crippen molar-refractivity contribution in [1.82, 2.24) is 15.4 Å². The number of benzene rings is 1. The predicted octanol–water partition coefficient (Wildman–Crippen LogP) is 2.18. The molecule has 15 heavy (non-hydrogen) atoms. The number of nitrogens with zero attached hydrogens (tertiary/aromatic N) is 2. The molecule has 2 N–H and O–H groups in total. The zero-order valence-corrected chi connectivity index (χ0v) is 8.86. The summed E-state index contributed by atoms with van der Waals surface area (Å²) in [6.45, 7) is 1.65. The molecular formula is C10H10ClN3O. The largest absolute Gasteiger partial charge is 0.387 e. The fourth-order valence-corrected chi connectivity index (χ4v) is 1.48. The highest BCUT2D eigenvalue weighted by Gasteiger charge is 2.14. The molecule has 0 aliphatic carbocycles. The highest BCUT2D eigenvalue weighted by atomic mass is 35.5. The lowest BCUT2D eigenvalue weighted by atomic mass is 10.1. The summed E-state index contributed by atoms with van der Waals surface area (Å²) < 4.78 is 0. The lowest BCUT2D eigenvalue weighted by Crippen LogP contribution is -1.94. The van der Waals surface area contributed by atoms with E-state index in [0.29, 0.717) is 16.4 Å². The first kappa shape index (κ1) is 10.1. The molecule has 0 amide bonds. The molecule has 1 unspecified atom stereocenters. The third-order valence-corrected chi connectivity index (χ3v) is 2.34. The second-order valence-electron chi connectivity index (χ2n) is 3.24. The maximum absolute atomic E-state index is 9.46. The van der Waals surface area contributed by atoms with E-state index in [9.17, 15) is 5.11 Å². The van der Waals surface area contributed by atoms with Crippen molar-refractivity contribution >= 4 is 11.6 Å². The van der Waals surface area contributed by atoms with Crippen LogP contribution in [0.15, 0.2) is 24.3 Å². The Hall–Kier alpha value is -1.39. The van der Waals surface area contributed by atoms with Gasteiger partial charge in [-0.2, -0.15) is 15.4 Å². The zero-order valence-electron chi connectivity index (χ0n) is 8.11. The third kappa shape index (κ3) is 2.00. The monoisotopic (exact) mass is 223 g/mol. The molecule has 0 saturated heterocycles. The van der Waals surface area contributed by atoms with Crippen LogP contribution in [0.5, 0.6) is 0 Å². The SMILES string of the molecule is CC(O)c1n[nH]nc1-c1ccc(Cl)cc1. The number of aromatic nitrogens is 3. The van der Waals surface area contributed by atoms with Crippen LogP contribution in [-0.2, 0) is 0 Å². The molecule has 4 nitrogen and oxygen atoms in total. The van der Waals surface area contributed by atoms with E-state index in [4.69, 9.17) is 11.6 Å². The Labute approximate surface area is 91.9 Å². The standard InChI is InChI=1S/C10H10ClN3O/c1-6(15)9-10(13-14-12-9)7-2-4-8(11)5-3-7/h2-6,15H,1H3,(H,12,13,14). The number of hydrogen-bond acceptors (Lipinski definition) is 3. The van der Waals surface area contributed by atoms with Gasteiger partial charge in [-0.3, -0.25) is 0 Å². The smallest absolute Gasteiger partial charge is 0.119 e. The quantitative estimate of drug-likeness (QED) is 0.820. The molecule has 0 bridgehead atoms. The summed E-state index contributed by atoms with van der Waals surface area (Å²) in [5.41, 5.74) is 2.07. The maximum Gasteiger partial charge on any atom is 0.119 e. The van der Waals surface area contributed by atoms with Crippen molar-refractivity contribution in [2.45, 2.75) is 13.0 Å². The molecule has 5 heteroatoms. The molecule has 1 aromatic carbocycles. The second kappa shape index (κ2) is 4.00. The van der Waals surface area contributed by atoms with E-state index in [1.807, 2.05) is 12.1 Å². The minimum atomic E-state index is -0.644. The molecule has 1 heterocycles. The van der Waals surface area contributed by atoms with E-state index in [-0.39, 0.29) is 0 Å². The number of hydrogen-bond donors (Lipinski definition) is 2. The van der Waals surface area contributed by atoms with Crippen LogP contribution < -0.4 is 0 Å². The first-order chi connectivity index (χ1) is 7.18. The molecule has 2 aromatic rings. The van der Waals surface area contributed by atoms with Gasteiger partial charge in [0.25, 0.3) is 0 Å². The van der Waals surface area contributed by atoms with Crippen LogP contribution in [-0.4, -0.2) is 20.5 Å². The number of aliphatic hydroxyl groups is 1. The lowest BCUT2D eigenvalue weighted by molar-refractivity contribution is 0.195. The second-order valence-corrected chi connectivity index (χ2v) is 3.68. The van der Waals surface area contributed by atoms with Crippen LogP contribution in [0.2, 0.25) is 5.02 Å². The summed E-state index contributed by atoms with van der Waals surface area (Å²) in [7, 11) is 0. The van der Waals surface area contributed by atoms with Crippen molar-refractivity contribution in [2.24, 2.45) is 0 Å². The van der Waals surface area contributed by atoms with Gasteiger partial charge in [0.05, 0.1) is 6.10 Å². The number of nitrogens with one attached hydrogen (secondary N) is 1. The van der Waals surface area contributed by atoms with Crippen LogP contribution in [0.3, 0.4) is 0 Å². The number of halogens is 1. The molecular weight excluding hydrogens is 214 g/mol. The van der Waals surface area contributed by atoms with Crippen LogP contribution in [0, 0.1) is 0 Å². The van der Waals surface area contributed by atoms with Gasteiger partial charge in [-0.15, -0.1) is 0 Å². The van der Waals surface area contributed by atoms with Crippen LogP contribution in [0.25, 0.3) is 11.3 Å². The number of aliphatic hydroxyl groups excluding tert-OH is 1. The van der Waals surface area contributed by atoms with Crippen LogP contribution in [0.1, 0.15) is 18.7 Å². The average molecular weight is 224 g/mol. The van der Waals surface area contributed by atoms with E-state index in [1.54, 1.807) is 19.1 Å². The molecule has 0 saturated carbocycles. The van der Waals surface area contributed by atoms with Gasteiger partial charge in [0, 0.05) is 10.6 Å². The number of rotatable bonds is 2. The maximum atomic E-state index is 9.46. The van der Waals surface area contributed by atoms with Crippen molar-refractivity contribution in [3.05, 3.63) is 35.0 Å². The molecule has 0 aliphatic heterocycles. The summed E-state index contributed by atoms with van der Waals surface area (Å²) in [6.07, 6.45) is -0.644. The van der Waals surface area contributed by atoms with Gasteiger partial charge in [-0.1, -0.05) is 23.7 Å². The van der Waals surface area contributed by atoms with Crippen molar-refractivity contribution in [3.8, 4) is 11.3 Å². The molecule has 1 aromatic heterocycles. The van der Waals surface area contributed by atoms with Crippen molar-refractivity contribution in [3.63, 3.8) is 0 Å². The summed E-state index contributed by atoms with van der Waals surface area (Å²) in [5, 5.41) is 20.5. The van der Waals surface area contributed by atoms with Crippen molar-refractivity contribution in [2.75, 3.05) is 0 Å². The van der Waals surface area contributed by atoms with Gasteiger partial charge in [-0.05, 0) is 19.1 Å².